The highest BCUT2D eigenvalue weighted by molar-refractivity contribution is 5.31. The standard InChI is InChI=1S/C15H23NO/c1-3-11(2)9-15(16)12-5-4-6-14(10-12)17-13-7-8-13/h4-6,10-11,13,15H,3,7-9,16H2,1-2H3. The number of hydrogen-bond acceptors (Lipinski definition) is 2. The first-order valence-corrected chi connectivity index (χ1v) is 6.71. The minimum atomic E-state index is 0.132. The predicted octanol–water partition coefficient (Wildman–Crippen LogP) is 3.66. The van der Waals surface area contributed by atoms with Gasteiger partial charge in [-0.3, -0.25) is 0 Å². The molecule has 0 saturated heterocycles. The van der Waals surface area contributed by atoms with E-state index in [2.05, 4.69) is 26.0 Å². The van der Waals surface area contributed by atoms with E-state index in [-0.39, 0.29) is 6.04 Å². The average Bonchev–Trinajstić information content (AvgIpc) is 3.13. The zero-order valence-electron chi connectivity index (χ0n) is 10.9. The van der Waals surface area contributed by atoms with E-state index in [9.17, 15) is 0 Å². The molecule has 1 aromatic carbocycles. The van der Waals surface area contributed by atoms with E-state index in [0.717, 1.165) is 12.2 Å². The molecule has 1 fully saturated rings. The number of nitrogens with two attached hydrogens (primary N) is 1. The lowest BCUT2D eigenvalue weighted by Gasteiger charge is -2.17. The van der Waals surface area contributed by atoms with Gasteiger partial charge >= 0.3 is 0 Å². The molecule has 2 nitrogen and oxygen atoms in total. The molecule has 94 valence electrons. The molecule has 0 radical (unpaired) electrons. The zero-order chi connectivity index (χ0) is 12.3. The Bertz CT molecular complexity index is 360. The van der Waals surface area contributed by atoms with Crippen molar-refractivity contribution in [1.29, 1.82) is 0 Å². The highest BCUT2D eigenvalue weighted by Crippen LogP contribution is 2.29. The van der Waals surface area contributed by atoms with Crippen LogP contribution in [0.4, 0.5) is 0 Å². The normalized spacial score (nSPS) is 18.8. The Morgan fingerprint density at radius 1 is 1.41 bits per heavy atom. The van der Waals surface area contributed by atoms with Crippen molar-refractivity contribution >= 4 is 0 Å². The molecule has 0 aliphatic heterocycles. The molecule has 1 aliphatic carbocycles. The predicted molar refractivity (Wildman–Crippen MR) is 71.1 cm³/mol. The van der Waals surface area contributed by atoms with Crippen molar-refractivity contribution in [2.75, 3.05) is 0 Å². The van der Waals surface area contributed by atoms with Gasteiger partial charge < -0.3 is 10.5 Å². The summed E-state index contributed by atoms with van der Waals surface area (Å²) in [6.07, 6.45) is 5.08. The molecule has 2 rings (SSSR count). The molecule has 2 unspecified atom stereocenters. The summed E-state index contributed by atoms with van der Waals surface area (Å²) in [7, 11) is 0. The lowest BCUT2D eigenvalue weighted by molar-refractivity contribution is 0.302. The zero-order valence-corrected chi connectivity index (χ0v) is 10.9. The van der Waals surface area contributed by atoms with Crippen LogP contribution in [0.5, 0.6) is 5.75 Å². The Balaban J connectivity index is 1.98. The van der Waals surface area contributed by atoms with Crippen LogP contribution in [0.25, 0.3) is 0 Å². The molecule has 2 N–H and O–H groups in total. The van der Waals surface area contributed by atoms with E-state index in [0.29, 0.717) is 12.0 Å². The lowest BCUT2D eigenvalue weighted by Crippen LogP contribution is -2.14. The van der Waals surface area contributed by atoms with Gasteiger partial charge in [0.2, 0.25) is 0 Å². The van der Waals surface area contributed by atoms with Crippen molar-refractivity contribution in [2.45, 2.75) is 51.7 Å². The van der Waals surface area contributed by atoms with Crippen molar-refractivity contribution < 1.29 is 4.74 Å². The Labute approximate surface area is 104 Å². The van der Waals surface area contributed by atoms with Crippen LogP contribution in [0.1, 0.15) is 51.1 Å². The average molecular weight is 233 g/mol. The number of hydrogen-bond donors (Lipinski definition) is 1. The molecule has 0 amide bonds. The minimum absolute atomic E-state index is 0.132. The molecule has 17 heavy (non-hydrogen) atoms. The molecule has 2 atom stereocenters. The van der Waals surface area contributed by atoms with Gasteiger partial charge in [0.1, 0.15) is 5.75 Å². The van der Waals surface area contributed by atoms with Crippen LogP contribution in [-0.4, -0.2) is 6.10 Å². The molecule has 0 bridgehead atoms. The van der Waals surface area contributed by atoms with Gasteiger partial charge in [0.05, 0.1) is 6.10 Å². The van der Waals surface area contributed by atoms with Crippen LogP contribution in [0.3, 0.4) is 0 Å². The highest BCUT2D eigenvalue weighted by atomic mass is 16.5. The number of rotatable bonds is 6. The van der Waals surface area contributed by atoms with Crippen molar-refractivity contribution in [3.8, 4) is 5.75 Å². The number of ether oxygens (including phenoxy) is 1. The fourth-order valence-electron chi connectivity index (χ4n) is 1.93. The summed E-state index contributed by atoms with van der Waals surface area (Å²) in [5, 5.41) is 0. The Hall–Kier alpha value is -1.02. The third-order valence-corrected chi connectivity index (χ3v) is 3.47. The van der Waals surface area contributed by atoms with Crippen molar-refractivity contribution in [1.82, 2.24) is 0 Å². The van der Waals surface area contributed by atoms with E-state index >= 15 is 0 Å². The summed E-state index contributed by atoms with van der Waals surface area (Å²) < 4.78 is 5.79. The van der Waals surface area contributed by atoms with Crippen LogP contribution in [0, 0.1) is 5.92 Å². The van der Waals surface area contributed by atoms with Crippen LogP contribution in [0.2, 0.25) is 0 Å². The molecule has 0 aromatic heterocycles. The first-order valence-electron chi connectivity index (χ1n) is 6.71. The van der Waals surface area contributed by atoms with Gasteiger partial charge in [-0.1, -0.05) is 32.4 Å². The van der Waals surface area contributed by atoms with Gasteiger partial charge in [-0.15, -0.1) is 0 Å². The van der Waals surface area contributed by atoms with E-state index in [1.54, 1.807) is 0 Å². The second-order valence-electron chi connectivity index (χ2n) is 5.25. The molecule has 2 heteroatoms. The van der Waals surface area contributed by atoms with Gasteiger partial charge in [-0.05, 0) is 42.9 Å². The second kappa shape index (κ2) is 5.54. The maximum atomic E-state index is 6.23. The van der Waals surface area contributed by atoms with E-state index in [4.69, 9.17) is 10.5 Å². The highest BCUT2D eigenvalue weighted by Gasteiger charge is 2.23. The Morgan fingerprint density at radius 3 is 2.82 bits per heavy atom. The van der Waals surface area contributed by atoms with Gasteiger partial charge in [0, 0.05) is 6.04 Å². The molecular weight excluding hydrogens is 210 g/mol. The van der Waals surface area contributed by atoms with E-state index in [1.807, 2.05) is 12.1 Å². The summed E-state index contributed by atoms with van der Waals surface area (Å²) in [5.74, 6) is 1.66. The summed E-state index contributed by atoms with van der Waals surface area (Å²) in [6, 6.07) is 8.41. The molecule has 0 heterocycles. The lowest BCUT2D eigenvalue weighted by atomic mass is 9.95. The molecular formula is C15H23NO. The van der Waals surface area contributed by atoms with Crippen molar-refractivity contribution in [3.05, 3.63) is 29.8 Å². The second-order valence-corrected chi connectivity index (χ2v) is 5.25. The smallest absolute Gasteiger partial charge is 0.120 e. The first kappa shape index (κ1) is 12.4. The van der Waals surface area contributed by atoms with Gasteiger partial charge in [0.25, 0.3) is 0 Å². The monoisotopic (exact) mass is 233 g/mol. The Morgan fingerprint density at radius 2 is 2.18 bits per heavy atom. The van der Waals surface area contributed by atoms with E-state index in [1.165, 1.54) is 24.8 Å². The Kier molecular flexibility index (Phi) is 4.06. The summed E-state index contributed by atoms with van der Waals surface area (Å²) in [6.45, 7) is 4.47. The maximum absolute atomic E-state index is 6.23. The molecule has 1 aromatic rings. The molecule has 1 aliphatic rings. The molecule has 1 saturated carbocycles. The quantitative estimate of drug-likeness (QED) is 0.813. The van der Waals surface area contributed by atoms with Crippen LogP contribution >= 0.6 is 0 Å². The largest absolute Gasteiger partial charge is 0.490 e. The fraction of sp³-hybridized carbons (Fsp3) is 0.600. The van der Waals surface area contributed by atoms with Crippen molar-refractivity contribution in [3.63, 3.8) is 0 Å². The fourth-order valence-corrected chi connectivity index (χ4v) is 1.93. The maximum Gasteiger partial charge on any atom is 0.120 e. The number of benzene rings is 1. The topological polar surface area (TPSA) is 35.2 Å². The van der Waals surface area contributed by atoms with Gasteiger partial charge in [0.15, 0.2) is 0 Å². The van der Waals surface area contributed by atoms with Gasteiger partial charge in [-0.25, -0.2) is 0 Å². The minimum Gasteiger partial charge on any atom is -0.490 e. The van der Waals surface area contributed by atoms with Crippen LogP contribution in [-0.2, 0) is 0 Å². The summed E-state index contributed by atoms with van der Waals surface area (Å²) in [5.41, 5.74) is 7.43. The third kappa shape index (κ3) is 3.74. The first-order chi connectivity index (χ1) is 8.19. The van der Waals surface area contributed by atoms with Crippen LogP contribution in [0.15, 0.2) is 24.3 Å². The van der Waals surface area contributed by atoms with Crippen molar-refractivity contribution in [2.24, 2.45) is 11.7 Å². The van der Waals surface area contributed by atoms with Crippen LogP contribution < -0.4 is 10.5 Å². The van der Waals surface area contributed by atoms with Gasteiger partial charge in [-0.2, -0.15) is 0 Å². The summed E-state index contributed by atoms with van der Waals surface area (Å²) >= 11 is 0. The van der Waals surface area contributed by atoms with E-state index < -0.39 is 0 Å². The summed E-state index contributed by atoms with van der Waals surface area (Å²) in [4.78, 5) is 0. The third-order valence-electron chi connectivity index (χ3n) is 3.47. The molecule has 0 spiro atoms. The SMILES string of the molecule is CCC(C)CC(N)c1cccc(OC2CC2)c1.